The van der Waals surface area contributed by atoms with Gasteiger partial charge in [0.25, 0.3) is 0 Å². The maximum absolute atomic E-state index is 11.8. The first-order chi connectivity index (χ1) is 8.15. The summed E-state index contributed by atoms with van der Waals surface area (Å²) in [4.78, 5) is 11.8. The van der Waals surface area contributed by atoms with Crippen molar-refractivity contribution in [3.63, 3.8) is 0 Å². The number of carbonyl (C=O) groups excluding carboxylic acids is 1. The summed E-state index contributed by atoms with van der Waals surface area (Å²) >= 11 is 11.7. The van der Waals surface area contributed by atoms with Crippen molar-refractivity contribution in [2.45, 2.75) is 32.1 Å². The lowest BCUT2D eigenvalue weighted by Crippen LogP contribution is -1.98. The molecule has 0 aliphatic rings. The molecule has 0 atom stereocenters. The molecule has 1 aromatic rings. The average molecular weight is 271 g/mol. The van der Waals surface area contributed by atoms with Gasteiger partial charge < -0.3 is 0 Å². The quantitative estimate of drug-likeness (QED) is 0.373. The third-order valence-corrected chi connectivity index (χ3v) is 3.29. The Morgan fingerprint density at radius 1 is 1.18 bits per heavy atom. The van der Waals surface area contributed by atoms with Crippen LogP contribution in [-0.2, 0) is 0 Å². The van der Waals surface area contributed by atoms with Gasteiger partial charge in [0.05, 0.1) is 10.0 Å². The normalized spacial score (nSPS) is 10.2. The van der Waals surface area contributed by atoms with Crippen molar-refractivity contribution < 1.29 is 4.79 Å². The molecule has 0 fully saturated rings. The van der Waals surface area contributed by atoms with Gasteiger partial charge in [-0.3, -0.25) is 4.79 Å². The van der Waals surface area contributed by atoms with E-state index in [2.05, 4.69) is 6.58 Å². The number of rotatable bonds is 7. The standard InChI is InChI=1S/C14H16Cl2O/c1-2-3-4-5-6-7-14(17)11-8-9-12(15)13(16)10-11/h2,8-10H,1,3-7H2. The number of carbonyl (C=O) groups is 1. The summed E-state index contributed by atoms with van der Waals surface area (Å²) in [5.74, 6) is 0.127. The minimum atomic E-state index is 0.127. The molecule has 3 heteroatoms. The van der Waals surface area contributed by atoms with Crippen LogP contribution in [0.4, 0.5) is 0 Å². The van der Waals surface area contributed by atoms with Crippen LogP contribution in [-0.4, -0.2) is 5.78 Å². The summed E-state index contributed by atoms with van der Waals surface area (Å²) in [6.07, 6.45) is 6.54. The number of Topliss-reactive ketones (excluding diaryl/α,β-unsaturated/α-hetero) is 1. The van der Waals surface area contributed by atoms with Crippen LogP contribution >= 0.6 is 23.2 Å². The number of ketones is 1. The smallest absolute Gasteiger partial charge is 0.162 e. The number of allylic oxidation sites excluding steroid dienone is 1. The van der Waals surface area contributed by atoms with Crippen LogP contribution in [0.15, 0.2) is 30.9 Å². The van der Waals surface area contributed by atoms with Gasteiger partial charge in [0.1, 0.15) is 0 Å². The Balaban J connectivity index is 2.41. The van der Waals surface area contributed by atoms with E-state index in [0.717, 1.165) is 25.7 Å². The molecule has 0 amide bonds. The second-order valence-electron chi connectivity index (χ2n) is 3.94. The molecule has 0 aromatic heterocycles. The summed E-state index contributed by atoms with van der Waals surface area (Å²) in [5, 5.41) is 0.915. The fourth-order valence-electron chi connectivity index (χ4n) is 1.56. The first-order valence-corrected chi connectivity index (χ1v) is 6.50. The van der Waals surface area contributed by atoms with Crippen molar-refractivity contribution in [3.05, 3.63) is 46.5 Å². The van der Waals surface area contributed by atoms with E-state index >= 15 is 0 Å². The molecule has 1 aromatic carbocycles. The number of benzene rings is 1. The third-order valence-electron chi connectivity index (χ3n) is 2.55. The first kappa shape index (κ1) is 14.3. The van der Waals surface area contributed by atoms with Crippen LogP contribution in [0.2, 0.25) is 10.0 Å². The van der Waals surface area contributed by atoms with Crippen LogP contribution in [0, 0.1) is 0 Å². The predicted molar refractivity (Wildman–Crippen MR) is 74.1 cm³/mol. The molecular formula is C14H16Cl2O. The maximum Gasteiger partial charge on any atom is 0.162 e. The average Bonchev–Trinajstić information content (AvgIpc) is 2.32. The Hall–Kier alpha value is -0.790. The molecule has 0 spiro atoms. The highest BCUT2D eigenvalue weighted by Crippen LogP contribution is 2.23. The van der Waals surface area contributed by atoms with E-state index < -0.39 is 0 Å². The zero-order chi connectivity index (χ0) is 12.7. The lowest BCUT2D eigenvalue weighted by molar-refractivity contribution is 0.0979. The number of hydrogen-bond donors (Lipinski definition) is 0. The second-order valence-corrected chi connectivity index (χ2v) is 4.75. The van der Waals surface area contributed by atoms with Crippen molar-refractivity contribution in [2.75, 3.05) is 0 Å². The van der Waals surface area contributed by atoms with Crippen molar-refractivity contribution in [3.8, 4) is 0 Å². The van der Waals surface area contributed by atoms with E-state index in [1.807, 2.05) is 6.08 Å². The Morgan fingerprint density at radius 3 is 2.59 bits per heavy atom. The lowest BCUT2D eigenvalue weighted by Gasteiger charge is -2.02. The van der Waals surface area contributed by atoms with Crippen molar-refractivity contribution in [1.82, 2.24) is 0 Å². The topological polar surface area (TPSA) is 17.1 Å². The van der Waals surface area contributed by atoms with Crippen LogP contribution < -0.4 is 0 Å². The molecule has 0 saturated heterocycles. The number of halogens is 2. The molecule has 0 bridgehead atoms. The van der Waals surface area contributed by atoms with E-state index in [4.69, 9.17) is 23.2 Å². The fraction of sp³-hybridized carbons (Fsp3) is 0.357. The van der Waals surface area contributed by atoms with Crippen LogP contribution in [0.25, 0.3) is 0 Å². The van der Waals surface area contributed by atoms with Crippen molar-refractivity contribution in [2.24, 2.45) is 0 Å². The summed E-state index contributed by atoms with van der Waals surface area (Å²) in [7, 11) is 0. The van der Waals surface area contributed by atoms with Crippen molar-refractivity contribution in [1.29, 1.82) is 0 Å². The van der Waals surface area contributed by atoms with Crippen LogP contribution in [0.5, 0.6) is 0 Å². The van der Waals surface area contributed by atoms with Gasteiger partial charge in [-0.2, -0.15) is 0 Å². The Labute approximate surface area is 112 Å². The molecule has 17 heavy (non-hydrogen) atoms. The molecule has 0 aliphatic carbocycles. The highest BCUT2D eigenvalue weighted by atomic mass is 35.5. The summed E-state index contributed by atoms with van der Waals surface area (Å²) in [6, 6.07) is 5.02. The minimum absolute atomic E-state index is 0.127. The molecule has 0 unspecified atom stereocenters. The SMILES string of the molecule is C=CCCCCCC(=O)c1ccc(Cl)c(Cl)c1. The highest BCUT2D eigenvalue weighted by Gasteiger charge is 2.07. The van der Waals surface area contributed by atoms with Gasteiger partial charge in [0.2, 0.25) is 0 Å². The molecule has 0 radical (unpaired) electrons. The molecule has 0 aliphatic heterocycles. The monoisotopic (exact) mass is 270 g/mol. The van der Waals surface area contributed by atoms with E-state index in [1.54, 1.807) is 18.2 Å². The van der Waals surface area contributed by atoms with Gasteiger partial charge in [0, 0.05) is 12.0 Å². The maximum atomic E-state index is 11.8. The molecule has 0 heterocycles. The summed E-state index contributed by atoms with van der Waals surface area (Å²) < 4.78 is 0. The zero-order valence-corrected chi connectivity index (χ0v) is 11.2. The van der Waals surface area contributed by atoms with Gasteiger partial charge in [-0.05, 0) is 37.5 Å². The summed E-state index contributed by atoms with van der Waals surface area (Å²) in [5.41, 5.74) is 0.642. The zero-order valence-electron chi connectivity index (χ0n) is 9.72. The second kappa shape index (κ2) is 7.52. The molecular weight excluding hydrogens is 255 g/mol. The van der Waals surface area contributed by atoms with E-state index in [1.165, 1.54) is 0 Å². The van der Waals surface area contributed by atoms with Gasteiger partial charge in [-0.15, -0.1) is 6.58 Å². The number of hydrogen-bond acceptors (Lipinski definition) is 1. The predicted octanol–water partition coefficient (Wildman–Crippen LogP) is 5.31. The fourth-order valence-corrected chi connectivity index (χ4v) is 1.86. The van der Waals surface area contributed by atoms with Crippen LogP contribution in [0.3, 0.4) is 0 Å². The van der Waals surface area contributed by atoms with Gasteiger partial charge in [-0.25, -0.2) is 0 Å². The molecule has 0 saturated carbocycles. The minimum Gasteiger partial charge on any atom is -0.294 e. The Morgan fingerprint density at radius 2 is 1.94 bits per heavy atom. The van der Waals surface area contributed by atoms with Gasteiger partial charge in [0.15, 0.2) is 5.78 Å². The van der Waals surface area contributed by atoms with E-state index in [9.17, 15) is 4.79 Å². The molecule has 92 valence electrons. The van der Waals surface area contributed by atoms with E-state index in [-0.39, 0.29) is 5.78 Å². The Kier molecular flexibility index (Phi) is 6.31. The van der Waals surface area contributed by atoms with Gasteiger partial charge in [-0.1, -0.05) is 35.7 Å². The first-order valence-electron chi connectivity index (χ1n) is 5.74. The van der Waals surface area contributed by atoms with Gasteiger partial charge >= 0.3 is 0 Å². The summed E-state index contributed by atoms with van der Waals surface area (Å²) in [6.45, 7) is 3.66. The largest absolute Gasteiger partial charge is 0.294 e. The Bertz CT molecular complexity index is 399. The lowest BCUT2D eigenvalue weighted by atomic mass is 10.0. The van der Waals surface area contributed by atoms with E-state index in [0.29, 0.717) is 22.0 Å². The molecule has 0 N–H and O–H groups in total. The highest BCUT2D eigenvalue weighted by molar-refractivity contribution is 6.42. The van der Waals surface area contributed by atoms with Crippen LogP contribution in [0.1, 0.15) is 42.5 Å². The third kappa shape index (κ3) is 4.93. The van der Waals surface area contributed by atoms with Crippen molar-refractivity contribution >= 4 is 29.0 Å². The molecule has 1 rings (SSSR count). The number of unbranched alkanes of at least 4 members (excludes halogenated alkanes) is 3. The molecule has 1 nitrogen and oxygen atoms in total.